The van der Waals surface area contributed by atoms with E-state index in [1.165, 1.54) is 4.90 Å². The average molecular weight is 502 g/mol. The summed E-state index contributed by atoms with van der Waals surface area (Å²) in [6, 6.07) is 6.62. The zero-order valence-electron chi connectivity index (χ0n) is 18.0. The van der Waals surface area contributed by atoms with Gasteiger partial charge in [-0.15, -0.1) is 0 Å². The molecule has 1 heterocycles. The number of likely N-dealkylation sites (tertiary alicyclic amines) is 1. The molecular weight excluding hydrogens is 482 g/mol. The van der Waals surface area contributed by atoms with E-state index in [0.717, 1.165) is 0 Å². The molecule has 35 heavy (non-hydrogen) atoms. The fourth-order valence-corrected chi connectivity index (χ4v) is 4.00. The van der Waals surface area contributed by atoms with Crippen molar-refractivity contribution in [1.82, 2.24) is 4.90 Å². The first-order chi connectivity index (χ1) is 16.4. The lowest BCUT2D eigenvalue weighted by Crippen LogP contribution is -2.49. The minimum atomic E-state index is -5.09. The van der Waals surface area contributed by atoms with Gasteiger partial charge in [0.25, 0.3) is 12.4 Å². The molecule has 2 aromatic rings. The molecule has 6 nitrogen and oxygen atoms in total. The maximum atomic E-state index is 13.3. The molecule has 0 bridgehead atoms. The van der Waals surface area contributed by atoms with Gasteiger partial charge in [0.2, 0.25) is 6.41 Å². The van der Waals surface area contributed by atoms with E-state index in [9.17, 15) is 40.7 Å². The smallest absolute Gasteiger partial charge is 0.416 e. The first kappa shape index (κ1) is 26.0. The monoisotopic (exact) mass is 502 g/mol. The molecular formula is C23H20F6N2O4. The molecule has 1 fully saturated rings. The maximum absolute atomic E-state index is 13.3. The molecule has 0 aromatic heterocycles. The highest BCUT2D eigenvalue weighted by molar-refractivity contribution is 5.95. The fraction of sp³-hybridized carbons (Fsp3) is 0.348. The Labute approximate surface area is 195 Å². The number of hydrogen-bond acceptors (Lipinski definition) is 4. The van der Waals surface area contributed by atoms with Crippen molar-refractivity contribution in [2.75, 3.05) is 11.9 Å². The number of alkyl halides is 6. The van der Waals surface area contributed by atoms with Crippen LogP contribution in [0.15, 0.2) is 42.5 Å². The summed E-state index contributed by atoms with van der Waals surface area (Å²) in [6.45, 7) is 0.214. The van der Waals surface area contributed by atoms with Gasteiger partial charge in [0.05, 0.1) is 11.1 Å². The van der Waals surface area contributed by atoms with Gasteiger partial charge in [-0.2, -0.15) is 26.3 Å². The predicted octanol–water partition coefficient (Wildman–Crippen LogP) is 4.68. The first-order valence-electron chi connectivity index (χ1n) is 10.4. The zero-order valence-corrected chi connectivity index (χ0v) is 18.0. The zero-order chi connectivity index (χ0) is 25.8. The number of carbonyl (C=O) groups excluding carboxylic acids is 3. The normalized spacial score (nSPS) is 18.6. The number of amides is 2. The molecule has 1 aliphatic heterocycles. The van der Waals surface area contributed by atoms with Gasteiger partial charge in [0.1, 0.15) is 6.10 Å². The summed E-state index contributed by atoms with van der Waals surface area (Å²) in [5.74, 6) is -0.990. The molecule has 2 amide bonds. The van der Waals surface area contributed by atoms with E-state index in [1.54, 1.807) is 24.3 Å². The molecule has 0 aliphatic carbocycles. The average Bonchev–Trinajstić information content (AvgIpc) is 2.79. The molecule has 0 saturated carbocycles. The molecule has 0 unspecified atom stereocenters. The Morgan fingerprint density at radius 1 is 1.00 bits per heavy atom. The van der Waals surface area contributed by atoms with Crippen LogP contribution in [-0.2, 0) is 33.1 Å². The first-order valence-corrected chi connectivity index (χ1v) is 10.4. The van der Waals surface area contributed by atoms with Gasteiger partial charge < -0.3 is 15.0 Å². The van der Waals surface area contributed by atoms with E-state index in [4.69, 9.17) is 4.74 Å². The number of halogens is 6. The molecule has 12 heteroatoms. The summed E-state index contributed by atoms with van der Waals surface area (Å²) in [7, 11) is 0. The Kier molecular flexibility index (Phi) is 7.71. The van der Waals surface area contributed by atoms with Crippen LogP contribution in [0, 0.1) is 0 Å². The molecule has 0 radical (unpaired) electrons. The minimum absolute atomic E-state index is 0.0344. The largest absolute Gasteiger partial charge is 0.464 e. The van der Waals surface area contributed by atoms with Crippen LogP contribution in [0.4, 0.5) is 32.0 Å². The number of nitrogens with one attached hydrogen (secondary N) is 1. The molecule has 2 atom stereocenters. The Morgan fingerprint density at radius 2 is 1.60 bits per heavy atom. The highest BCUT2D eigenvalue weighted by atomic mass is 19.4. The summed E-state index contributed by atoms with van der Waals surface area (Å²) in [6.07, 6.45) is -9.74. The summed E-state index contributed by atoms with van der Waals surface area (Å²) in [5.41, 5.74) is -2.70. The van der Waals surface area contributed by atoms with Gasteiger partial charge in [-0.05, 0) is 42.3 Å². The van der Waals surface area contributed by atoms with Gasteiger partial charge >= 0.3 is 12.4 Å². The highest BCUT2D eigenvalue weighted by Gasteiger charge is 2.39. The van der Waals surface area contributed by atoms with E-state index in [1.807, 2.05) is 0 Å². The molecule has 3 rings (SSSR count). The van der Waals surface area contributed by atoms with Crippen molar-refractivity contribution in [3.8, 4) is 0 Å². The van der Waals surface area contributed by atoms with Crippen LogP contribution in [0.25, 0.3) is 0 Å². The van der Waals surface area contributed by atoms with Crippen LogP contribution >= 0.6 is 0 Å². The minimum Gasteiger partial charge on any atom is -0.464 e. The molecule has 188 valence electrons. The lowest BCUT2D eigenvalue weighted by molar-refractivity contribution is -0.143. The van der Waals surface area contributed by atoms with Gasteiger partial charge in [-0.3, -0.25) is 14.4 Å². The van der Waals surface area contributed by atoms with Crippen LogP contribution in [0.1, 0.15) is 39.9 Å². The summed E-state index contributed by atoms with van der Waals surface area (Å²) in [4.78, 5) is 35.7. The number of rotatable bonds is 7. The number of nitrogens with zero attached hydrogens (tertiary/aromatic N) is 1. The molecule has 1 saturated heterocycles. The number of benzene rings is 2. The Morgan fingerprint density at radius 3 is 2.11 bits per heavy atom. The number of ether oxygens (including phenoxy) is 1. The highest BCUT2D eigenvalue weighted by Crippen LogP contribution is 2.37. The Balaban J connectivity index is 1.94. The van der Waals surface area contributed by atoms with Crippen molar-refractivity contribution in [3.63, 3.8) is 0 Å². The lowest BCUT2D eigenvalue weighted by Gasteiger charge is -2.39. The van der Waals surface area contributed by atoms with Crippen molar-refractivity contribution in [2.45, 2.75) is 43.8 Å². The van der Waals surface area contributed by atoms with Gasteiger partial charge in [-0.1, -0.05) is 12.1 Å². The van der Waals surface area contributed by atoms with E-state index in [2.05, 4.69) is 5.32 Å². The quantitative estimate of drug-likeness (QED) is 0.441. The summed E-state index contributed by atoms with van der Waals surface area (Å²) < 4.78 is 84.6. The molecule has 1 aliphatic rings. The van der Waals surface area contributed by atoms with E-state index in [-0.39, 0.29) is 38.3 Å². The topological polar surface area (TPSA) is 75.7 Å². The van der Waals surface area contributed by atoms with Crippen LogP contribution in [-0.4, -0.2) is 42.4 Å². The van der Waals surface area contributed by atoms with Crippen LogP contribution in [0.2, 0.25) is 0 Å². The fourth-order valence-electron chi connectivity index (χ4n) is 4.00. The lowest BCUT2D eigenvalue weighted by atomic mass is 9.92. The third kappa shape index (κ3) is 6.52. The third-order valence-electron chi connectivity index (χ3n) is 5.66. The number of piperidine rings is 1. The number of carbonyl (C=O) groups is 3. The number of hydrogen-bond donors (Lipinski definition) is 1. The maximum Gasteiger partial charge on any atom is 0.416 e. The summed E-state index contributed by atoms with van der Waals surface area (Å²) >= 11 is 0. The second-order valence-corrected chi connectivity index (χ2v) is 7.99. The van der Waals surface area contributed by atoms with E-state index in [0.29, 0.717) is 29.8 Å². The summed E-state index contributed by atoms with van der Waals surface area (Å²) in [5, 5.41) is 2.46. The van der Waals surface area contributed by atoms with E-state index >= 15 is 0 Å². The van der Waals surface area contributed by atoms with Crippen molar-refractivity contribution in [2.24, 2.45) is 0 Å². The van der Waals surface area contributed by atoms with Gasteiger partial charge in [-0.25, -0.2) is 0 Å². The Bertz CT molecular complexity index is 1040. The second-order valence-electron chi connectivity index (χ2n) is 7.99. The van der Waals surface area contributed by atoms with Crippen LogP contribution in [0.3, 0.4) is 0 Å². The van der Waals surface area contributed by atoms with Crippen LogP contribution in [0.5, 0.6) is 0 Å². The van der Waals surface area contributed by atoms with Crippen molar-refractivity contribution in [1.29, 1.82) is 0 Å². The van der Waals surface area contributed by atoms with Crippen molar-refractivity contribution >= 4 is 24.5 Å². The molecule has 2 aromatic carbocycles. The van der Waals surface area contributed by atoms with Gasteiger partial charge in [0.15, 0.2) is 0 Å². The predicted molar refractivity (Wildman–Crippen MR) is 111 cm³/mol. The van der Waals surface area contributed by atoms with Crippen molar-refractivity contribution in [3.05, 3.63) is 64.7 Å². The molecule has 1 N–H and O–H groups in total. The second kappa shape index (κ2) is 10.4. The molecule has 0 spiro atoms. The standard InChI is InChI=1S/C23H20F6N2O4/c24-22(25,26)16-8-15(9-17(10-16)23(27,28)29)21(34)31-6-5-20(35-13-33)11-19(31)7-14-1-3-18(4-2-14)30-12-32/h1-4,8-10,12-13,19-20H,5-7,11H2,(H,30,32)/t19-,20+/m1/s1. The SMILES string of the molecule is O=CNc1ccc(C[C@@H]2C[C@@H](OC=O)CCN2C(=O)c2cc(C(F)(F)F)cc(C(F)(F)F)c2)cc1. The van der Waals surface area contributed by atoms with Gasteiger partial charge in [0, 0.05) is 36.7 Å². The third-order valence-corrected chi connectivity index (χ3v) is 5.66. The number of anilines is 1. The van der Waals surface area contributed by atoms with E-state index < -0.39 is 47.1 Å². The van der Waals surface area contributed by atoms with Crippen molar-refractivity contribution < 1.29 is 45.5 Å². The Hall–Kier alpha value is -3.57. The van der Waals surface area contributed by atoms with Crippen LogP contribution < -0.4 is 5.32 Å².